The molecule has 0 amide bonds. The zero-order valence-corrected chi connectivity index (χ0v) is 22.6. The zero-order valence-electron chi connectivity index (χ0n) is 21.0. The first kappa shape index (κ1) is 25.8. The average molecular weight is 550 g/mol. The van der Waals surface area contributed by atoms with E-state index in [2.05, 4.69) is 34.2 Å². The summed E-state index contributed by atoms with van der Waals surface area (Å²) >= 11 is 3.67. The number of nitriles is 1. The number of nitrogens with zero attached hydrogens (tertiary/aromatic N) is 1. The summed E-state index contributed by atoms with van der Waals surface area (Å²) in [5.74, 6) is 1.11. The molecule has 0 bridgehead atoms. The molecule has 2 aromatic rings. The van der Waals surface area contributed by atoms with Crippen molar-refractivity contribution in [3.63, 3.8) is 0 Å². The molecule has 7 heteroatoms. The lowest BCUT2D eigenvalue weighted by Crippen LogP contribution is -2.34. The van der Waals surface area contributed by atoms with Gasteiger partial charge in [0.1, 0.15) is 6.61 Å². The highest BCUT2D eigenvalue weighted by Crippen LogP contribution is 2.47. The van der Waals surface area contributed by atoms with Crippen LogP contribution in [0.4, 0.5) is 5.69 Å². The molecule has 0 spiro atoms. The third kappa shape index (κ3) is 5.15. The lowest BCUT2D eigenvalue weighted by Gasteiger charge is -2.35. The largest absolute Gasteiger partial charge is 0.490 e. The van der Waals surface area contributed by atoms with Crippen LogP contribution in [-0.2, 0) is 11.4 Å². The van der Waals surface area contributed by atoms with Gasteiger partial charge in [0.2, 0.25) is 0 Å². The van der Waals surface area contributed by atoms with Crippen molar-refractivity contribution in [1.82, 2.24) is 5.32 Å². The molecule has 0 fully saturated rings. The summed E-state index contributed by atoms with van der Waals surface area (Å²) in [5, 5.41) is 13.5. The van der Waals surface area contributed by atoms with Crippen molar-refractivity contribution in [1.29, 1.82) is 5.26 Å². The van der Waals surface area contributed by atoms with Crippen molar-refractivity contribution in [2.45, 2.75) is 59.0 Å². The smallest absolute Gasteiger partial charge is 0.175 e. The molecule has 0 radical (unpaired) electrons. The number of hydrogen-bond donors (Lipinski definition) is 2. The minimum atomic E-state index is -0.448. The second kappa shape index (κ2) is 11.2. The SMILES string of the molecule is CCCC1CC(=O)C2=C(C1)NC(C)=C(C#N)C2c1cc(Br)c(OCc2ccccc2N)c(OCC)c1. The number of para-hydroxylation sites is 1. The van der Waals surface area contributed by atoms with Crippen LogP contribution in [0.2, 0.25) is 0 Å². The number of ketones is 1. The molecule has 1 aliphatic carbocycles. The Morgan fingerprint density at radius 1 is 1.19 bits per heavy atom. The van der Waals surface area contributed by atoms with Gasteiger partial charge < -0.3 is 20.5 Å². The number of anilines is 1. The molecule has 0 saturated carbocycles. The number of nitrogens with two attached hydrogens (primary N) is 1. The topological polar surface area (TPSA) is 97.4 Å². The highest BCUT2D eigenvalue weighted by atomic mass is 79.9. The third-order valence-electron chi connectivity index (χ3n) is 6.82. The highest BCUT2D eigenvalue weighted by molar-refractivity contribution is 9.10. The van der Waals surface area contributed by atoms with Crippen LogP contribution in [-0.4, -0.2) is 12.4 Å². The Bertz CT molecular complexity index is 1280. The summed E-state index contributed by atoms with van der Waals surface area (Å²) in [5.41, 5.74) is 11.4. The Balaban J connectivity index is 1.75. The lowest BCUT2D eigenvalue weighted by atomic mass is 9.72. The number of halogens is 1. The molecule has 1 heterocycles. The van der Waals surface area contributed by atoms with E-state index in [0.29, 0.717) is 51.8 Å². The number of hydrogen-bond acceptors (Lipinski definition) is 6. The molecule has 2 aliphatic rings. The van der Waals surface area contributed by atoms with Gasteiger partial charge in [0.15, 0.2) is 17.3 Å². The molecular formula is C29H32BrN3O3. The standard InChI is InChI=1S/C29H32BrN3O3/c1-4-8-18-11-24-28(25(34)12-18)27(21(15-31)17(3)33-24)20-13-22(30)29(26(14-20)35-5-2)36-16-19-9-6-7-10-23(19)32/h6-7,9-10,13-14,18,27,33H,4-5,8,11-12,16,32H2,1-3H3. The number of allylic oxidation sites excluding steroid dienone is 4. The first-order chi connectivity index (χ1) is 17.4. The number of dihydropyridines is 1. The quantitative estimate of drug-likeness (QED) is 0.363. The molecule has 2 unspecified atom stereocenters. The summed E-state index contributed by atoms with van der Waals surface area (Å²) in [6.07, 6.45) is 3.40. The maximum Gasteiger partial charge on any atom is 0.175 e. The predicted molar refractivity (Wildman–Crippen MR) is 144 cm³/mol. The number of Topliss-reactive ketones (excluding diaryl/α,β-unsaturated/α-hetero) is 1. The molecule has 36 heavy (non-hydrogen) atoms. The van der Waals surface area contributed by atoms with Gasteiger partial charge in [-0.2, -0.15) is 5.26 Å². The summed E-state index contributed by atoms with van der Waals surface area (Å²) in [6, 6.07) is 13.8. The van der Waals surface area contributed by atoms with Crippen LogP contribution in [0.15, 0.2) is 63.4 Å². The van der Waals surface area contributed by atoms with Crippen LogP contribution in [0.25, 0.3) is 0 Å². The van der Waals surface area contributed by atoms with Crippen LogP contribution in [0, 0.1) is 17.2 Å². The van der Waals surface area contributed by atoms with Crippen LogP contribution >= 0.6 is 15.9 Å². The summed E-state index contributed by atoms with van der Waals surface area (Å²) in [7, 11) is 0. The van der Waals surface area contributed by atoms with E-state index < -0.39 is 5.92 Å². The van der Waals surface area contributed by atoms with Crippen molar-refractivity contribution < 1.29 is 14.3 Å². The maximum atomic E-state index is 13.4. The van der Waals surface area contributed by atoms with E-state index in [1.807, 2.05) is 50.2 Å². The van der Waals surface area contributed by atoms with Crippen LogP contribution in [0.5, 0.6) is 11.5 Å². The summed E-state index contributed by atoms with van der Waals surface area (Å²) in [4.78, 5) is 13.4. The van der Waals surface area contributed by atoms with E-state index in [9.17, 15) is 10.1 Å². The van der Waals surface area contributed by atoms with E-state index in [1.165, 1.54) is 0 Å². The molecule has 4 rings (SSSR count). The molecule has 2 atom stereocenters. The zero-order chi connectivity index (χ0) is 25.8. The van der Waals surface area contributed by atoms with Crippen molar-refractivity contribution >= 4 is 27.4 Å². The number of carbonyl (C=O) groups is 1. The highest BCUT2D eigenvalue weighted by Gasteiger charge is 2.39. The number of benzene rings is 2. The Morgan fingerprint density at radius 2 is 1.97 bits per heavy atom. The molecule has 3 N–H and O–H groups in total. The Kier molecular flexibility index (Phi) is 8.05. The monoisotopic (exact) mass is 549 g/mol. The van der Waals surface area contributed by atoms with E-state index in [4.69, 9.17) is 15.2 Å². The normalized spacial score (nSPS) is 19.5. The fourth-order valence-electron chi connectivity index (χ4n) is 5.19. The van der Waals surface area contributed by atoms with Gasteiger partial charge in [0.25, 0.3) is 0 Å². The van der Waals surface area contributed by atoms with Gasteiger partial charge in [0, 0.05) is 34.6 Å². The Morgan fingerprint density at radius 3 is 2.67 bits per heavy atom. The van der Waals surface area contributed by atoms with E-state index in [0.717, 1.165) is 41.8 Å². The molecule has 2 aromatic carbocycles. The number of ether oxygens (including phenoxy) is 2. The van der Waals surface area contributed by atoms with Gasteiger partial charge in [-0.05, 0) is 72.3 Å². The molecule has 188 valence electrons. The van der Waals surface area contributed by atoms with E-state index >= 15 is 0 Å². The minimum Gasteiger partial charge on any atom is -0.490 e. The third-order valence-corrected chi connectivity index (χ3v) is 7.41. The van der Waals surface area contributed by atoms with Crippen molar-refractivity contribution in [3.8, 4) is 17.6 Å². The van der Waals surface area contributed by atoms with Gasteiger partial charge in [0.05, 0.1) is 28.6 Å². The van der Waals surface area contributed by atoms with Crippen LogP contribution in [0.1, 0.15) is 63.5 Å². The Hall–Kier alpha value is -3.24. The Labute approximate surface area is 221 Å². The lowest BCUT2D eigenvalue weighted by molar-refractivity contribution is -0.117. The number of nitrogens with one attached hydrogen (secondary N) is 1. The van der Waals surface area contributed by atoms with Crippen LogP contribution < -0.4 is 20.5 Å². The molecule has 1 aliphatic heterocycles. The van der Waals surface area contributed by atoms with Crippen molar-refractivity contribution in [2.24, 2.45) is 5.92 Å². The summed E-state index contributed by atoms with van der Waals surface area (Å²) < 4.78 is 12.8. The number of nitrogen functional groups attached to an aromatic ring is 1. The van der Waals surface area contributed by atoms with E-state index in [1.54, 1.807) is 0 Å². The van der Waals surface area contributed by atoms with Gasteiger partial charge >= 0.3 is 0 Å². The average Bonchev–Trinajstić information content (AvgIpc) is 2.84. The number of carbonyl (C=O) groups excluding carboxylic acids is 1. The van der Waals surface area contributed by atoms with Gasteiger partial charge in [-0.1, -0.05) is 31.5 Å². The van der Waals surface area contributed by atoms with Gasteiger partial charge in [-0.3, -0.25) is 4.79 Å². The van der Waals surface area contributed by atoms with Gasteiger partial charge in [-0.15, -0.1) is 0 Å². The first-order valence-corrected chi connectivity index (χ1v) is 13.2. The molecule has 0 aromatic heterocycles. The van der Waals surface area contributed by atoms with Gasteiger partial charge in [-0.25, -0.2) is 0 Å². The van der Waals surface area contributed by atoms with Crippen LogP contribution in [0.3, 0.4) is 0 Å². The summed E-state index contributed by atoms with van der Waals surface area (Å²) in [6.45, 7) is 6.69. The predicted octanol–water partition coefficient (Wildman–Crippen LogP) is 6.53. The first-order valence-electron chi connectivity index (χ1n) is 12.4. The maximum absolute atomic E-state index is 13.4. The second-order valence-electron chi connectivity index (χ2n) is 9.34. The fourth-order valence-corrected chi connectivity index (χ4v) is 5.76. The second-order valence-corrected chi connectivity index (χ2v) is 10.2. The van der Waals surface area contributed by atoms with Crippen molar-refractivity contribution in [3.05, 3.63) is 74.5 Å². The molecular weight excluding hydrogens is 518 g/mol. The van der Waals surface area contributed by atoms with E-state index in [-0.39, 0.29) is 12.4 Å². The number of rotatable bonds is 8. The van der Waals surface area contributed by atoms with Crippen molar-refractivity contribution in [2.75, 3.05) is 12.3 Å². The fraction of sp³-hybridized carbons (Fsp3) is 0.379. The minimum absolute atomic E-state index is 0.112. The molecule has 6 nitrogen and oxygen atoms in total. The molecule has 0 saturated heterocycles.